The minimum Gasteiger partial charge on any atom is -0.475 e. The predicted octanol–water partition coefficient (Wildman–Crippen LogP) is 4.87. The molecular formula is C26H24F7N7O4. The van der Waals surface area contributed by atoms with Crippen molar-refractivity contribution in [3.8, 4) is 11.3 Å². The summed E-state index contributed by atoms with van der Waals surface area (Å²) in [5.41, 5.74) is 9.83. The molecule has 0 aliphatic carbocycles. The molecule has 1 atom stereocenters. The van der Waals surface area contributed by atoms with Crippen LogP contribution in [0.15, 0.2) is 61.1 Å². The predicted molar refractivity (Wildman–Crippen MR) is 143 cm³/mol. The average molecular weight is 632 g/mol. The highest BCUT2D eigenvalue weighted by Crippen LogP contribution is 2.30. The van der Waals surface area contributed by atoms with Crippen LogP contribution < -0.4 is 16.0 Å². The number of nitrogens with one attached hydrogen (secondary N) is 1. The number of nitrogens with zero attached hydrogens (tertiary/aromatic N) is 5. The molecular weight excluding hydrogens is 607 g/mol. The molecule has 4 aromatic rings. The molecule has 0 saturated carbocycles. The van der Waals surface area contributed by atoms with E-state index < -0.39 is 24.3 Å². The topological polar surface area (TPSA) is 159 Å². The number of carbonyl (C=O) groups is 2. The fourth-order valence-electron chi connectivity index (χ4n) is 3.89. The van der Waals surface area contributed by atoms with Gasteiger partial charge in [0, 0.05) is 30.9 Å². The van der Waals surface area contributed by atoms with Crippen LogP contribution in [0.4, 0.5) is 48.1 Å². The van der Waals surface area contributed by atoms with Crippen molar-refractivity contribution < 1.29 is 50.5 Å². The van der Waals surface area contributed by atoms with E-state index in [0.29, 0.717) is 17.2 Å². The first kappa shape index (κ1) is 33.5. The lowest BCUT2D eigenvalue weighted by Gasteiger charge is -2.33. The quantitative estimate of drug-likeness (QED) is 0.229. The molecule has 1 saturated heterocycles. The van der Waals surface area contributed by atoms with E-state index in [2.05, 4.69) is 25.3 Å². The number of rotatable bonds is 4. The van der Waals surface area contributed by atoms with Crippen molar-refractivity contribution in [2.75, 3.05) is 23.3 Å². The Morgan fingerprint density at radius 2 is 1.59 bits per heavy atom. The first-order valence-corrected chi connectivity index (χ1v) is 12.5. The van der Waals surface area contributed by atoms with E-state index in [9.17, 15) is 30.7 Å². The molecule has 5 N–H and O–H groups in total. The van der Waals surface area contributed by atoms with E-state index in [1.807, 2.05) is 12.1 Å². The second-order valence-electron chi connectivity index (χ2n) is 9.09. The van der Waals surface area contributed by atoms with Crippen molar-refractivity contribution in [1.29, 1.82) is 0 Å². The van der Waals surface area contributed by atoms with Gasteiger partial charge in [0.25, 0.3) is 0 Å². The van der Waals surface area contributed by atoms with Crippen LogP contribution in [-0.2, 0) is 9.59 Å². The first-order valence-electron chi connectivity index (χ1n) is 12.5. The summed E-state index contributed by atoms with van der Waals surface area (Å²) in [6, 6.07) is 12.4. The zero-order valence-electron chi connectivity index (χ0n) is 22.3. The zero-order valence-corrected chi connectivity index (χ0v) is 22.3. The van der Waals surface area contributed by atoms with Crippen LogP contribution in [0.3, 0.4) is 0 Å². The van der Waals surface area contributed by atoms with Crippen molar-refractivity contribution in [1.82, 2.24) is 19.6 Å². The number of alkyl halides is 6. The van der Waals surface area contributed by atoms with Crippen molar-refractivity contribution in [2.45, 2.75) is 31.2 Å². The number of anilines is 3. The summed E-state index contributed by atoms with van der Waals surface area (Å²) in [7, 11) is 0. The van der Waals surface area contributed by atoms with E-state index >= 15 is 0 Å². The number of nitrogens with two attached hydrogens (primary N) is 1. The summed E-state index contributed by atoms with van der Waals surface area (Å²) in [5.74, 6) is -5.28. The number of benzene rings is 1. The van der Waals surface area contributed by atoms with Crippen molar-refractivity contribution in [3.63, 3.8) is 0 Å². The number of fused-ring (bicyclic) bond motifs is 1. The minimum atomic E-state index is -5.08. The van der Waals surface area contributed by atoms with Gasteiger partial charge in [0.2, 0.25) is 5.95 Å². The Balaban J connectivity index is 0.000000317. The Morgan fingerprint density at radius 3 is 2.18 bits per heavy atom. The van der Waals surface area contributed by atoms with E-state index in [4.69, 9.17) is 25.5 Å². The van der Waals surface area contributed by atoms with Gasteiger partial charge in [-0.2, -0.15) is 36.0 Å². The van der Waals surface area contributed by atoms with Crippen LogP contribution in [0.25, 0.3) is 16.8 Å². The molecule has 0 spiro atoms. The van der Waals surface area contributed by atoms with Crippen LogP contribution in [0.2, 0.25) is 0 Å². The summed E-state index contributed by atoms with van der Waals surface area (Å²) >= 11 is 0. The number of pyridine rings is 1. The number of aromatic nitrogens is 4. The van der Waals surface area contributed by atoms with Gasteiger partial charge < -0.3 is 26.2 Å². The molecule has 5 rings (SSSR count). The minimum absolute atomic E-state index is 0.164. The average Bonchev–Trinajstić information content (AvgIpc) is 3.35. The molecule has 11 nitrogen and oxygen atoms in total. The molecule has 0 radical (unpaired) electrons. The molecule has 0 amide bonds. The molecule has 44 heavy (non-hydrogen) atoms. The summed E-state index contributed by atoms with van der Waals surface area (Å²) in [5, 5.41) is 22.2. The third-order valence-corrected chi connectivity index (χ3v) is 5.86. The maximum absolute atomic E-state index is 14.2. The Bertz CT molecular complexity index is 1570. The van der Waals surface area contributed by atoms with E-state index in [-0.39, 0.29) is 11.9 Å². The molecule has 1 fully saturated rings. The van der Waals surface area contributed by atoms with Gasteiger partial charge in [-0.05, 0) is 43.2 Å². The Hall–Kier alpha value is -5.00. The lowest BCUT2D eigenvalue weighted by molar-refractivity contribution is -0.193. The molecule has 0 bridgehead atoms. The fourth-order valence-corrected chi connectivity index (χ4v) is 3.89. The van der Waals surface area contributed by atoms with Crippen molar-refractivity contribution >= 4 is 34.8 Å². The standard InChI is InChI=1S/C22H22FN7.2C2HF3O2/c23-18-6-2-1-5-17(18)19-8-7-16-12-26-22(30(16)28-19)27-20-13-25-10-9-21(20)29-11-3-4-15(24)14-29;2*3-2(4,5)1(6)7/h1-2,5-10,12-13,15H,3-4,11,14,24H2,(H,26,27);2*(H,6,7)/t15-;;/m0../s1. The summed E-state index contributed by atoms with van der Waals surface area (Å²) in [6.45, 7) is 1.75. The van der Waals surface area contributed by atoms with Gasteiger partial charge in [0.05, 0.1) is 35.0 Å². The molecule has 1 aliphatic rings. The Morgan fingerprint density at radius 1 is 0.955 bits per heavy atom. The summed E-state index contributed by atoms with van der Waals surface area (Å²) < 4.78 is 79.4. The molecule has 0 unspecified atom stereocenters. The smallest absolute Gasteiger partial charge is 0.475 e. The molecule has 18 heteroatoms. The SMILES string of the molecule is N[C@H]1CCCN(c2ccncc2Nc2ncc3ccc(-c4ccccc4F)nn23)C1.O=C(O)C(F)(F)F.O=C(O)C(F)(F)F. The van der Waals surface area contributed by atoms with Gasteiger partial charge in [-0.15, -0.1) is 0 Å². The van der Waals surface area contributed by atoms with Crippen LogP contribution in [0.1, 0.15) is 12.8 Å². The lowest BCUT2D eigenvalue weighted by atomic mass is 10.1. The Kier molecular flexibility index (Phi) is 10.6. The maximum atomic E-state index is 14.2. The first-order chi connectivity index (χ1) is 20.6. The van der Waals surface area contributed by atoms with Crippen LogP contribution >= 0.6 is 0 Å². The number of hydrogen-bond donors (Lipinski definition) is 4. The second-order valence-corrected chi connectivity index (χ2v) is 9.09. The summed E-state index contributed by atoms with van der Waals surface area (Å²) in [6.07, 6.45) is -2.79. The number of piperidine rings is 1. The van der Waals surface area contributed by atoms with Crippen LogP contribution in [-0.4, -0.2) is 73.2 Å². The summed E-state index contributed by atoms with van der Waals surface area (Å²) in [4.78, 5) is 28.8. The number of aliphatic carboxylic acids is 2. The van der Waals surface area contributed by atoms with Crippen molar-refractivity contribution in [3.05, 3.63) is 66.9 Å². The third-order valence-electron chi connectivity index (χ3n) is 5.86. The van der Waals surface area contributed by atoms with Gasteiger partial charge in [-0.3, -0.25) is 4.98 Å². The molecule has 1 aromatic carbocycles. The molecule has 4 heterocycles. The van der Waals surface area contributed by atoms with E-state index in [1.54, 1.807) is 47.4 Å². The zero-order chi connectivity index (χ0) is 32.7. The molecule has 3 aromatic heterocycles. The van der Waals surface area contributed by atoms with Gasteiger partial charge in [0.1, 0.15) is 5.82 Å². The number of hydrogen-bond acceptors (Lipinski definition) is 8. The van der Waals surface area contributed by atoms with Gasteiger partial charge in [-0.25, -0.2) is 19.0 Å². The van der Waals surface area contributed by atoms with Gasteiger partial charge in [0.15, 0.2) is 0 Å². The van der Waals surface area contributed by atoms with Gasteiger partial charge in [-0.1, -0.05) is 12.1 Å². The molecule has 236 valence electrons. The lowest BCUT2D eigenvalue weighted by Crippen LogP contribution is -2.43. The number of carboxylic acid groups (broad SMARTS) is 2. The third kappa shape index (κ3) is 9.00. The van der Waals surface area contributed by atoms with Gasteiger partial charge >= 0.3 is 24.3 Å². The number of carboxylic acids is 2. The van der Waals surface area contributed by atoms with E-state index in [0.717, 1.165) is 42.8 Å². The normalized spacial score (nSPS) is 15.0. The highest BCUT2D eigenvalue weighted by atomic mass is 19.4. The maximum Gasteiger partial charge on any atom is 0.490 e. The second kappa shape index (κ2) is 14.0. The van der Waals surface area contributed by atoms with Crippen LogP contribution in [0.5, 0.6) is 0 Å². The van der Waals surface area contributed by atoms with Crippen LogP contribution in [0, 0.1) is 5.82 Å². The molecule has 1 aliphatic heterocycles. The largest absolute Gasteiger partial charge is 0.490 e. The monoisotopic (exact) mass is 631 g/mol. The highest BCUT2D eigenvalue weighted by molar-refractivity contribution is 5.74. The number of imidazole rings is 1. The number of halogens is 7. The fraction of sp³-hybridized carbons (Fsp3) is 0.269. The van der Waals surface area contributed by atoms with E-state index in [1.165, 1.54) is 6.07 Å². The Labute approximate surface area is 243 Å². The van der Waals surface area contributed by atoms with Crippen molar-refractivity contribution in [2.24, 2.45) is 5.73 Å². The highest BCUT2D eigenvalue weighted by Gasteiger charge is 2.38.